The van der Waals surface area contributed by atoms with Gasteiger partial charge in [-0.2, -0.15) is 0 Å². The third-order valence-corrected chi connectivity index (χ3v) is 2.37. The van der Waals surface area contributed by atoms with Gasteiger partial charge in [-0.15, -0.1) is 0 Å². The number of benzene rings is 1. The average molecular weight is 233 g/mol. The number of ether oxygens (including phenoxy) is 1. The molecule has 0 spiro atoms. The van der Waals surface area contributed by atoms with E-state index in [1.165, 1.54) is 0 Å². The summed E-state index contributed by atoms with van der Waals surface area (Å²) in [7, 11) is 0. The minimum Gasteiger partial charge on any atom is -0.491 e. The lowest BCUT2D eigenvalue weighted by molar-refractivity contribution is 0.242. The number of hydrogen-bond acceptors (Lipinski definition) is 2. The Morgan fingerprint density at radius 1 is 1.35 bits per heavy atom. The van der Waals surface area contributed by atoms with Crippen LogP contribution in [0.25, 0.3) is 0 Å². The molecule has 1 aromatic carbocycles. The minimum absolute atomic E-state index is 0.190. The molecule has 1 aromatic rings. The second-order valence-corrected chi connectivity index (χ2v) is 4.56. The van der Waals surface area contributed by atoms with Crippen molar-refractivity contribution in [2.45, 2.75) is 38.8 Å². The number of nitrogens with zero attached hydrogens (tertiary/aromatic N) is 1. The molecule has 17 heavy (non-hydrogen) atoms. The second-order valence-electron chi connectivity index (χ2n) is 4.56. The van der Waals surface area contributed by atoms with Gasteiger partial charge in [0.1, 0.15) is 5.75 Å². The highest BCUT2D eigenvalue weighted by atomic mass is 16.5. The van der Waals surface area contributed by atoms with Crippen LogP contribution in [0.15, 0.2) is 29.3 Å². The van der Waals surface area contributed by atoms with E-state index in [1.807, 2.05) is 38.1 Å². The molecule has 0 radical (unpaired) electrons. The largest absolute Gasteiger partial charge is 0.491 e. The lowest BCUT2D eigenvalue weighted by atomic mass is 10.3. The average Bonchev–Trinajstić information content (AvgIpc) is 3.04. The van der Waals surface area contributed by atoms with Gasteiger partial charge in [-0.1, -0.05) is 0 Å². The lowest BCUT2D eigenvalue weighted by Gasteiger charge is -2.10. The predicted molar refractivity (Wildman–Crippen MR) is 70.5 cm³/mol. The van der Waals surface area contributed by atoms with Gasteiger partial charge in [0.05, 0.1) is 12.1 Å². The van der Waals surface area contributed by atoms with E-state index in [9.17, 15) is 0 Å². The highest BCUT2D eigenvalue weighted by molar-refractivity contribution is 5.92. The third kappa shape index (κ3) is 3.98. The van der Waals surface area contributed by atoms with Crippen LogP contribution in [-0.2, 0) is 0 Å². The Labute approximate surface area is 102 Å². The fourth-order valence-corrected chi connectivity index (χ4v) is 1.47. The van der Waals surface area contributed by atoms with Gasteiger partial charge in [0.15, 0.2) is 5.96 Å². The lowest BCUT2D eigenvalue weighted by Crippen LogP contribution is -2.22. The van der Waals surface area contributed by atoms with E-state index in [0.29, 0.717) is 12.0 Å². The molecule has 0 amide bonds. The fourth-order valence-electron chi connectivity index (χ4n) is 1.47. The molecular formula is C13H19N3O. The molecule has 92 valence electrons. The van der Waals surface area contributed by atoms with Gasteiger partial charge >= 0.3 is 0 Å². The fraction of sp³-hybridized carbons (Fsp3) is 0.462. The highest BCUT2D eigenvalue weighted by Crippen LogP contribution is 2.23. The Morgan fingerprint density at radius 2 is 2.00 bits per heavy atom. The van der Waals surface area contributed by atoms with Crippen LogP contribution in [0.3, 0.4) is 0 Å². The van der Waals surface area contributed by atoms with Crippen LogP contribution in [-0.4, -0.2) is 18.1 Å². The Balaban J connectivity index is 1.92. The van der Waals surface area contributed by atoms with Gasteiger partial charge in [-0.25, -0.2) is 4.99 Å². The van der Waals surface area contributed by atoms with E-state index in [4.69, 9.17) is 10.5 Å². The van der Waals surface area contributed by atoms with Crippen LogP contribution in [0.2, 0.25) is 0 Å². The molecule has 3 N–H and O–H groups in total. The van der Waals surface area contributed by atoms with Gasteiger partial charge in [-0.05, 0) is 51.0 Å². The molecule has 0 saturated heterocycles. The van der Waals surface area contributed by atoms with E-state index in [-0.39, 0.29) is 6.10 Å². The summed E-state index contributed by atoms with van der Waals surface area (Å²) in [6.07, 6.45) is 2.50. The molecule has 4 nitrogen and oxygen atoms in total. The minimum atomic E-state index is 0.190. The molecule has 0 atom stereocenters. The first-order chi connectivity index (χ1) is 8.13. The molecule has 0 aromatic heterocycles. The smallest absolute Gasteiger partial charge is 0.193 e. The predicted octanol–water partition coefficient (Wildman–Crippen LogP) is 2.36. The van der Waals surface area contributed by atoms with Crippen molar-refractivity contribution in [3.8, 4) is 5.75 Å². The van der Waals surface area contributed by atoms with Crippen molar-refractivity contribution in [3.05, 3.63) is 24.3 Å². The quantitative estimate of drug-likeness (QED) is 0.620. The summed E-state index contributed by atoms with van der Waals surface area (Å²) in [6, 6.07) is 8.16. The summed E-state index contributed by atoms with van der Waals surface area (Å²) < 4.78 is 5.56. The molecule has 4 heteroatoms. The monoisotopic (exact) mass is 233 g/mol. The summed E-state index contributed by atoms with van der Waals surface area (Å²) in [4.78, 5) is 4.31. The van der Waals surface area contributed by atoms with E-state index in [0.717, 1.165) is 24.3 Å². The molecule has 0 aliphatic heterocycles. The number of nitrogens with two attached hydrogens (primary N) is 1. The van der Waals surface area contributed by atoms with Crippen LogP contribution in [0.5, 0.6) is 5.75 Å². The molecule has 1 fully saturated rings. The summed E-state index contributed by atoms with van der Waals surface area (Å²) in [5.41, 5.74) is 6.71. The third-order valence-electron chi connectivity index (χ3n) is 2.37. The van der Waals surface area contributed by atoms with Gasteiger partial charge < -0.3 is 15.8 Å². The Kier molecular flexibility index (Phi) is 3.52. The number of hydrogen-bond donors (Lipinski definition) is 2. The van der Waals surface area contributed by atoms with Crippen molar-refractivity contribution >= 4 is 11.6 Å². The standard InChI is InChI=1S/C13H19N3O/c1-9(2)17-12-7-5-11(6-8-12)16-13(14)15-10-3-4-10/h5-10H,3-4H2,1-2H3,(H3,14,15,16). The molecule has 1 saturated carbocycles. The van der Waals surface area contributed by atoms with Crippen LogP contribution in [0.4, 0.5) is 5.69 Å². The van der Waals surface area contributed by atoms with Crippen molar-refractivity contribution in [1.29, 1.82) is 0 Å². The molecule has 0 unspecified atom stereocenters. The van der Waals surface area contributed by atoms with Crippen LogP contribution in [0.1, 0.15) is 26.7 Å². The molecule has 2 rings (SSSR count). The number of aliphatic imine (C=N–C) groups is 1. The SMILES string of the molecule is CC(C)Oc1ccc(NC(N)=NC2CC2)cc1. The Bertz CT molecular complexity index is 394. The zero-order valence-electron chi connectivity index (χ0n) is 10.3. The van der Waals surface area contributed by atoms with E-state index >= 15 is 0 Å². The normalized spacial score (nSPS) is 16.1. The first-order valence-electron chi connectivity index (χ1n) is 6.00. The van der Waals surface area contributed by atoms with Crippen molar-refractivity contribution in [2.75, 3.05) is 5.32 Å². The zero-order valence-corrected chi connectivity index (χ0v) is 10.3. The van der Waals surface area contributed by atoms with Crippen molar-refractivity contribution in [3.63, 3.8) is 0 Å². The summed E-state index contributed by atoms with van der Waals surface area (Å²) >= 11 is 0. The van der Waals surface area contributed by atoms with Gasteiger partial charge in [0.25, 0.3) is 0 Å². The molecular weight excluding hydrogens is 214 g/mol. The van der Waals surface area contributed by atoms with Crippen LogP contribution >= 0.6 is 0 Å². The Morgan fingerprint density at radius 3 is 2.53 bits per heavy atom. The summed E-state index contributed by atoms with van der Waals surface area (Å²) in [5, 5.41) is 3.07. The van der Waals surface area contributed by atoms with Crippen LogP contribution < -0.4 is 15.8 Å². The highest BCUT2D eigenvalue weighted by Gasteiger charge is 2.20. The molecule has 1 aliphatic carbocycles. The number of guanidine groups is 1. The maximum absolute atomic E-state index is 5.77. The first kappa shape index (κ1) is 11.8. The van der Waals surface area contributed by atoms with Gasteiger partial charge in [0.2, 0.25) is 0 Å². The van der Waals surface area contributed by atoms with Gasteiger partial charge in [0, 0.05) is 5.69 Å². The first-order valence-corrected chi connectivity index (χ1v) is 6.00. The van der Waals surface area contributed by atoms with E-state index in [1.54, 1.807) is 0 Å². The summed E-state index contributed by atoms with van der Waals surface area (Å²) in [5.74, 6) is 1.35. The zero-order chi connectivity index (χ0) is 12.3. The maximum atomic E-state index is 5.77. The van der Waals surface area contributed by atoms with Crippen LogP contribution in [0, 0.1) is 0 Å². The van der Waals surface area contributed by atoms with Crippen molar-refractivity contribution in [1.82, 2.24) is 0 Å². The van der Waals surface area contributed by atoms with Gasteiger partial charge in [-0.3, -0.25) is 0 Å². The number of nitrogens with one attached hydrogen (secondary N) is 1. The summed E-state index contributed by atoms with van der Waals surface area (Å²) in [6.45, 7) is 4.01. The molecule has 0 heterocycles. The Hall–Kier alpha value is -1.71. The maximum Gasteiger partial charge on any atom is 0.193 e. The van der Waals surface area contributed by atoms with E-state index < -0.39 is 0 Å². The van der Waals surface area contributed by atoms with Crippen molar-refractivity contribution in [2.24, 2.45) is 10.7 Å². The van der Waals surface area contributed by atoms with E-state index in [2.05, 4.69) is 10.3 Å². The second kappa shape index (κ2) is 5.08. The topological polar surface area (TPSA) is 59.6 Å². The van der Waals surface area contributed by atoms with Crippen molar-refractivity contribution < 1.29 is 4.74 Å². The number of rotatable bonds is 4. The number of anilines is 1. The molecule has 0 bridgehead atoms. The molecule has 1 aliphatic rings.